The molecule has 12 heavy (non-hydrogen) atoms. The summed E-state index contributed by atoms with van der Waals surface area (Å²) in [6.45, 7) is 3.85. The van der Waals surface area contributed by atoms with Crippen molar-refractivity contribution in [3.63, 3.8) is 0 Å². The van der Waals surface area contributed by atoms with Crippen molar-refractivity contribution in [3.05, 3.63) is 0 Å². The Kier molecular flexibility index (Phi) is 1.45. The first kappa shape index (κ1) is 8.24. The van der Waals surface area contributed by atoms with Gasteiger partial charge in [-0.1, -0.05) is 6.92 Å². The molecule has 0 spiro atoms. The SMILES string of the molecule is CC12CCC(C1)C(C)(O)CC2=O. The fourth-order valence-electron chi connectivity index (χ4n) is 2.71. The van der Waals surface area contributed by atoms with Gasteiger partial charge in [-0.25, -0.2) is 0 Å². The molecular weight excluding hydrogens is 152 g/mol. The number of rotatable bonds is 0. The molecule has 2 aliphatic rings. The molecule has 0 aliphatic heterocycles. The fraction of sp³-hybridized carbons (Fsp3) is 0.900. The third kappa shape index (κ3) is 0.939. The van der Waals surface area contributed by atoms with Crippen LogP contribution in [0.2, 0.25) is 0 Å². The minimum atomic E-state index is -0.715. The van der Waals surface area contributed by atoms with E-state index in [-0.39, 0.29) is 11.2 Å². The van der Waals surface area contributed by atoms with Crippen LogP contribution in [0.25, 0.3) is 0 Å². The van der Waals surface area contributed by atoms with Crippen molar-refractivity contribution >= 4 is 5.78 Å². The van der Waals surface area contributed by atoms with Crippen LogP contribution in [-0.4, -0.2) is 16.5 Å². The highest BCUT2D eigenvalue weighted by Gasteiger charge is 2.53. The van der Waals surface area contributed by atoms with Gasteiger partial charge >= 0.3 is 0 Å². The molecule has 0 amide bonds. The molecule has 0 aromatic rings. The Morgan fingerprint density at radius 1 is 1.50 bits per heavy atom. The summed E-state index contributed by atoms with van der Waals surface area (Å²) in [5, 5.41) is 9.92. The normalized spacial score (nSPS) is 52.9. The van der Waals surface area contributed by atoms with Gasteiger partial charge in [-0.15, -0.1) is 0 Å². The topological polar surface area (TPSA) is 37.3 Å². The lowest BCUT2D eigenvalue weighted by molar-refractivity contribution is -0.139. The van der Waals surface area contributed by atoms with Gasteiger partial charge < -0.3 is 5.11 Å². The number of ketones is 1. The van der Waals surface area contributed by atoms with Crippen molar-refractivity contribution in [2.45, 2.75) is 45.1 Å². The number of carbonyl (C=O) groups is 1. The average Bonchev–Trinajstić information content (AvgIpc) is 2.28. The molecule has 0 heterocycles. The molecular formula is C10H16O2. The van der Waals surface area contributed by atoms with Crippen molar-refractivity contribution in [1.82, 2.24) is 0 Å². The minimum Gasteiger partial charge on any atom is -0.389 e. The fourth-order valence-corrected chi connectivity index (χ4v) is 2.71. The van der Waals surface area contributed by atoms with Crippen LogP contribution in [0.1, 0.15) is 39.5 Å². The van der Waals surface area contributed by atoms with E-state index >= 15 is 0 Å². The zero-order chi connectivity index (χ0) is 8.98. The Labute approximate surface area is 73.0 Å². The third-order valence-corrected chi connectivity index (χ3v) is 3.81. The Morgan fingerprint density at radius 2 is 2.17 bits per heavy atom. The van der Waals surface area contributed by atoms with E-state index < -0.39 is 5.60 Å². The summed E-state index contributed by atoms with van der Waals surface area (Å²) in [6.07, 6.45) is 3.27. The largest absolute Gasteiger partial charge is 0.389 e. The van der Waals surface area contributed by atoms with Crippen LogP contribution in [0.15, 0.2) is 0 Å². The Morgan fingerprint density at radius 3 is 2.83 bits per heavy atom. The summed E-state index contributed by atoms with van der Waals surface area (Å²) in [6, 6.07) is 0. The average molecular weight is 168 g/mol. The van der Waals surface area contributed by atoms with E-state index in [0.717, 1.165) is 19.3 Å². The summed E-state index contributed by atoms with van der Waals surface area (Å²) < 4.78 is 0. The van der Waals surface area contributed by atoms with Crippen LogP contribution in [0.3, 0.4) is 0 Å². The van der Waals surface area contributed by atoms with E-state index in [4.69, 9.17) is 0 Å². The molecule has 1 N–H and O–H groups in total. The van der Waals surface area contributed by atoms with Crippen molar-refractivity contribution in [3.8, 4) is 0 Å². The van der Waals surface area contributed by atoms with Gasteiger partial charge in [0.15, 0.2) is 0 Å². The maximum atomic E-state index is 11.6. The van der Waals surface area contributed by atoms with Crippen molar-refractivity contribution in [2.75, 3.05) is 0 Å². The van der Waals surface area contributed by atoms with Gasteiger partial charge in [0.2, 0.25) is 0 Å². The van der Waals surface area contributed by atoms with Crippen molar-refractivity contribution < 1.29 is 9.90 Å². The Hall–Kier alpha value is -0.370. The lowest BCUT2D eigenvalue weighted by atomic mass is 9.70. The molecule has 2 bridgehead atoms. The molecule has 2 heteroatoms. The van der Waals surface area contributed by atoms with E-state index in [9.17, 15) is 9.90 Å². The number of hydrogen-bond donors (Lipinski definition) is 1. The van der Waals surface area contributed by atoms with Gasteiger partial charge in [0.05, 0.1) is 5.60 Å². The Balaban J connectivity index is 2.31. The van der Waals surface area contributed by atoms with Crippen LogP contribution in [0, 0.1) is 11.3 Å². The molecule has 2 fully saturated rings. The van der Waals surface area contributed by atoms with Crippen LogP contribution in [-0.2, 0) is 4.79 Å². The maximum Gasteiger partial charge on any atom is 0.141 e. The predicted octanol–water partition coefficient (Wildman–Crippen LogP) is 1.52. The molecule has 0 saturated heterocycles. The van der Waals surface area contributed by atoms with Crippen LogP contribution >= 0.6 is 0 Å². The smallest absolute Gasteiger partial charge is 0.141 e. The lowest BCUT2D eigenvalue weighted by Crippen LogP contribution is -2.44. The third-order valence-electron chi connectivity index (χ3n) is 3.81. The van der Waals surface area contributed by atoms with E-state index in [1.807, 2.05) is 6.92 Å². The minimum absolute atomic E-state index is 0.0904. The van der Waals surface area contributed by atoms with Crippen LogP contribution in [0.5, 0.6) is 0 Å². The van der Waals surface area contributed by atoms with Gasteiger partial charge in [-0.3, -0.25) is 4.79 Å². The summed E-state index contributed by atoms with van der Waals surface area (Å²) >= 11 is 0. The second-order valence-electron chi connectivity index (χ2n) is 4.96. The van der Waals surface area contributed by atoms with E-state index in [1.165, 1.54) is 0 Å². The molecule has 0 radical (unpaired) electrons. The number of aliphatic hydroxyl groups is 1. The highest BCUT2D eigenvalue weighted by molar-refractivity contribution is 5.86. The van der Waals surface area contributed by atoms with Crippen molar-refractivity contribution in [1.29, 1.82) is 0 Å². The summed E-state index contributed by atoms with van der Waals surface area (Å²) in [7, 11) is 0. The molecule has 3 atom stereocenters. The van der Waals surface area contributed by atoms with Crippen LogP contribution in [0.4, 0.5) is 0 Å². The predicted molar refractivity (Wildman–Crippen MR) is 45.7 cm³/mol. The summed E-state index contributed by atoms with van der Waals surface area (Å²) in [4.78, 5) is 11.6. The monoisotopic (exact) mass is 168 g/mol. The highest BCUT2D eigenvalue weighted by Crippen LogP contribution is 2.52. The molecule has 0 aromatic heterocycles. The lowest BCUT2D eigenvalue weighted by Gasteiger charge is -2.37. The molecule has 2 nitrogen and oxygen atoms in total. The highest BCUT2D eigenvalue weighted by atomic mass is 16.3. The van der Waals surface area contributed by atoms with E-state index in [1.54, 1.807) is 6.92 Å². The molecule has 2 aliphatic carbocycles. The maximum absolute atomic E-state index is 11.6. The molecule has 3 unspecified atom stereocenters. The second-order valence-corrected chi connectivity index (χ2v) is 4.96. The molecule has 0 aromatic carbocycles. The number of fused-ring (bicyclic) bond motifs is 2. The first-order valence-corrected chi connectivity index (χ1v) is 4.70. The van der Waals surface area contributed by atoms with Crippen LogP contribution < -0.4 is 0 Å². The van der Waals surface area contributed by atoms with Gasteiger partial charge in [0.1, 0.15) is 5.78 Å². The first-order valence-electron chi connectivity index (χ1n) is 4.70. The van der Waals surface area contributed by atoms with E-state index in [2.05, 4.69) is 0 Å². The molecule has 2 rings (SSSR count). The zero-order valence-corrected chi connectivity index (χ0v) is 7.76. The number of hydrogen-bond acceptors (Lipinski definition) is 2. The molecule has 68 valence electrons. The summed E-state index contributed by atoms with van der Waals surface area (Å²) in [5.41, 5.74) is -0.806. The number of carbonyl (C=O) groups excluding carboxylic acids is 1. The van der Waals surface area contributed by atoms with Gasteiger partial charge in [-0.2, -0.15) is 0 Å². The Bertz CT molecular complexity index is 232. The van der Waals surface area contributed by atoms with Crippen molar-refractivity contribution in [2.24, 2.45) is 11.3 Å². The van der Waals surface area contributed by atoms with Gasteiger partial charge in [-0.05, 0) is 32.1 Å². The zero-order valence-electron chi connectivity index (χ0n) is 7.76. The van der Waals surface area contributed by atoms with Gasteiger partial charge in [0, 0.05) is 11.8 Å². The van der Waals surface area contributed by atoms with Gasteiger partial charge in [0.25, 0.3) is 0 Å². The van der Waals surface area contributed by atoms with E-state index in [0.29, 0.717) is 12.3 Å². The quantitative estimate of drug-likeness (QED) is 0.595. The first-order chi connectivity index (χ1) is 5.44. The summed E-state index contributed by atoms with van der Waals surface area (Å²) in [5.74, 6) is 0.626. The standard InChI is InChI=1S/C10H16O2/c1-9-4-3-7(5-9)10(2,12)6-8(9)11/h7,12H,3-6H2,1-2H3. The molecule has 2 saturated carbocycles. The number of Topliss-reactive ketones (excluding diaryl/α,β-unsaturated/α-hetero) is 1. The second kappa shape index (κ2) is 2.11.